The number of alkyl halides is 1. The van der Waals surface area contributed by atoms with Crippen LogP contribution in [0, 0.1) is 0 Å². The molecule has 0 aromatic carbocycles. The molecule has 0 radical (unpaired) electrons. The predicted molar refractivity (Wildman–Crippen MR) is 42.7 cm³/mol. The van der Waals surface area contributed by atoms with E-state index in [0.29, 0.717) is 21.5 Å². The van der Waals surface area contributed by atoms with Crippen LogP contribution in [0.2, 0.25) is 0 Å². The standard InChI is InChI=1S/C8H19IN/c1-6-10(8(4)5)9-7(2)3/h7-8H,6H2,1-5H3/q-1. The Balaban J connectivity index is 3.60. The first kappa shape index (κ1) is 10.7. The van der Waals surface area contributed by atoms with Gasteiger partial charge < -0.3 is 0 Å². The third-order valence-corrected chi connectivity index (χ3v) is 4.81. The molecular formula is C8H19IN-. The zero-order valence-corrected chi connectivity index (χ0v) is 9.84. The fourth-order valence-corrected chi connectivity index (χ4v) is 3.27. The van der Waals surface area contributed by atoms with E-state index in [4.69, 9.17) is 0 Å². The molecule has 10 heavy (non-hydrogen) atoms. The number of hydrogen-bond donors (Lipinski definition) is 0. The Morgan fingerprint density at radius 3 is 1.80 bits per heavy atom. The molecule has 0 aliphatic heterocycles. The summed E-state index contributed by atoms with van der Waals surface area (Å²) in [5.74, 6) is 0. The monoisotopic (exact) mass is 256 g/mol. The van der Waals surface area contributed by atoms with Crippen LogP contribution >= 0.6 is 0 Å². The van der Waals surface area contributed by atoms with Crippen molar-refractivity contribution < 1.29 is 21.5 Å². The van der Waals surface area contributed by atoms with E-state index in [1.165, 1.54) is 6.54 Å². The average molecular weight is 256 g/mol. The van der Waals surface area contributed by atoms with E-state index in [2.05, 4.69) is 37.7 Å². The summed E-state index contributed by atoms with van der Waals surface area (Å²) < 4.78 is 3.50. The summed E-state index contributed by atoms with van der Waals surface area (Å²) in [7, 11) is 0. The van der Waals surface area contributed by atoms with Gasteiger partial charge in [-0.1, -0.05) is 0 Å². The van der Waals surface area contributed by atoms with Crippen LogP contribution in [0.3, 0.4) is 0 Å². The molecule has 2 heteroatoms. The fraction of sp³-hybridized carbons (Fsp3) is 1.00. The van der Waals surface area contributed by atoms with Crippen LogP contribution in [0.1, 0.15) is 34.6 Å². The molecular weight excluding hydrogens is 237 g/mol. The normalized spacial score (nSPS) is 12.4. The van der Waals surface area contributed by atoms with E-state index in [0.717, 1.165) is 9.97 Å². The maximum absolute atomic E-state index is 2.60. The fourth-order valence-electron chi connectivity index (χ4n) is 0.798. The molecule has 0 rings (SSSR count). The first-order valence-corrected chi connectivity index (χ1v) is 6.19. The van der Waals surface area contributed by atoms with Gasteiger partial charge in [0.05, 0.1) is 0 Å². The van der Waals surface area contributed by atoms with E-state index in [1.54, 1.807) is 0 Å². The molecule has 64 valence electrons. The molecule has 0 aromatic rings. The van der Waals surface area contributed by atoms with Crippen molar-refractivity contribution in [1.29, 1.82) is 0 Å². The number of halogens is 1. The van der Waals surface area contributed by atoms with Crippen LogP contribution in [-0.2, 0) is 0 Å². The van der Waals surface area contributed by atoms with Crippen LogP contribution in [-0.4, -0.2) is 19.6 Å². The minimum absolute atomic E-state index is 0.292. The predicted octanol–water partition coefficient (Wildman–Crippen LogP) is -0.871. The second-order valence-electron chi connectivity index (χ2n) is 2.92. The third-order valence-electron chi connectivity index (χ3n) is 1.18. The third kappa shape index (κ3) is 4.50. The zero-order chi connectivity index (χ0) is 8.15. The van der Waals surface area contributed by atoms with Crippen molar-refractivity contribution in [3.05, 3.63) is 0 Å². The second-order valence-corrected chi connectivity index (χ2v) is 7.21. The van der Waals surface area contributed by atoms with Crippen LogP contribution in [0.15, 0.2) is 0 Å². The van der Waals surface area contributed by atoms with Gasteiger partial charge in [-0.15, -0.1) is 0 Å². The first-order valence-electron chi connectivity index (χ1n) is 3.98. The van der Waals surface area contributed by atoms with Gasteiger partial charge in [0.15, 0.2) is 0 Å². The van der Waals surface area contributed by atoms with Crippen molar-refractivity contribution in [3.8, 4) is 0 Å². The zero-order valence-electron chi connectivity index (χ0n) is 7.69. The Labute approximate surface area is 75.8 Å². The molecule has 0 unspecified atom stereocenters. The minimum atomic E-state index is 0.292. The molecule has 0 aromatic heterocycles. The molecule has 0 aliphatic carbocycles. The summed E-state index contributed by atoms with van der Waals surface area (Å²) in [5.41, 5.74) is 0. The van der Waals surface area contributed by atoms with Crippen molar-refractivity contribution >= 4 is 0 Å². The van der Waals surface area contributed by atoms with Crippen molar-refractivity contribution in [2.75, 3.05) is 6.54 Å². The van der Waals surface area contributed by atoms with Crippen LogP contribution in [0.25, 0.3) is 0 Å². The summed E-state index contributed by atoms with van der Waals surface area (Å²) in [6.45, 7) is 12.7. The Hall–Kier alpha value is 0.690. The Kier molecular flexibility index (Phi) is 5.72. The Morgan fingerprint density at radius 1 is 1.20 bits per heavy atom. The Morgan fingerprint density at radius 2 is 1.70 bits per heavy atom. The van der Waals surface area contributed by atoms with Crippen LogP contribution in [0.4, 0.5) is 0 Å². The summed E-state index contributed by atoms with van der Waals surface area (Å²) >= 11 is 0.292. The molecule has 0 heterocycles. The molecule has 0 saturated carbocycles. The topological polar surface area (TPSA) is 3.24 Å². The Bertz CT molecular complexity index is 81.3. The van der Waals surface area contributed by atoms with Crippen molar-refractivity contribution in [3.63, 3.8) is 0 Å². The molecule has 0 atom stereocenters. The van der Waals surface area contributed by atoms with Crippen molar-refractivity contribution in [2.45, 2.75) is 44.6 Å². The van der Waals surface area contributed by atoms with Crippen molar-refractivity contribution in [2.24, 2.45) is 0 Å². The van der Waals surface area contributed by atoms with Gasteiger partial charge in [-0.05, 0) is 0 Å². The summed E-state index contributed by atoms with van der Waals surface area (Å²) in [6, 6.07) is 0.750. The number of rotatable bonds is 4. The molecule has 0 bridgehead atoms. The van der Waals surface area contributed by atoms with Gasteiger partial charge in [-0.3, -0.25) is 0 Å². The molecule has 0 fully saturated rings. The number of nitrogens with zero attached hydrogens (tertiary/aromatic N) is 1. The number of hydrogen-bond acceptors (Lipinski definition) is 1. The van der Waals surface area contributed by atoms with E-state index < -0.39 is 0 Å². The summed E-state index contributed by atoms with van der Waals surface area (Å²) in [4.78, 5) is 0. The van der Waals surface area contributed by atoms with Gasteiger partial charge in [-0.25, -0.2) is 0 Å². The first-order chi connectivity index (χ1) is 4.57. The molecule has 0 N–H and O–H groups in total. The van der Waals surface area contributed by atoms with E-state index in [1.807, 2.05) is 0 Å². The average Bonchev–Trinajstić information content (AvgIpc) is 1.81. The second kappa shape index (κ2) is 5.35. The van der Waals surface area contributed by atoms with E-state index in [-0.39, 0.29) is 0 Å². The van der Waals surface area contributed by atoms with Gasteiger partial charge in [0.25, 0.3) is 0 Å². The van der Waals surface area contributed by atoms with Gasteiger partial charge >= 0.3 is 75.7 Å². The molecule has 1 nitrogen and oxygen atoms in total. The molecule has 0 amide bonds. The molecule has 0 saturated heterocycles. The SMILES string of the molecule is CCN([I-]C(C)C)C(C)C. The van der Waals surface area contributed by atoms with E-state index in [9.17, 15) is 0 Å². The quantitative estimate of drug-likeness (QED) is 0.359. The van der Waals surface area contributed by atoms with Crippen LogP contribution < -0.4 is 21.5 Å². The van der Waals surface area contributed by atoms with Gasteiger partial charge in [0, 0.05) is 0 Å². The van der Waals surface area contributed by atoms with Crippen LogP contribution in [0.5, 0.6) is 0 Å². The summed E-state index contributed by atoms with van der Waals surface area (Å²) in [6.07, 6.45) is 0. The van der Waals surface area contributed by atoms with Gasteiger partial charge in [0.1, 0.15) is 0 Å². The molecule has 0 aliphatic rings. The van der Waals surface area contributed by atoms with Crippen molar-refractivity contribution in [1.82, 2.24) is 3.11 Å². The maximum atomic E-state index is 2.60. The van der Waals surface area contributed by atoms with Gasteiger partial charge in [-0.2, -0.15) is 0 Å². The van der Waals surface area contributed by atoms with E-state index >= 15 is 0 Å². The summed E-state index contributed by atoms with van der Waals surface area (Å²) in [5, 5.41) is 0. The molecule has 0 spiro atoms. The van der Waals surface area contributed by atoms with Gasteiger partial charge in [0.2, 0.25) is 0 Å².